The largest absolute Gasteiger partial charge is 0.454 e. The molecule has 0 aliphatic heterocycles. The number of carbonyl (C=O) groups is 1. The molecule has 2 aromatic carbocycles. The van der Waals surface area contributed by atoms with Crippen LogP contribution in [0.5, 0.6) is 0 Å². The molecule has 0 amide bonds. The SMILES string of the molecule is O=C(OCc1csc(-c2ccccc2)n1)c1csc(-c2ccccc2)n1. The molecule has 0 N–H and O–H groups in total. The van der Waals surface area contributed by atoms with Crippen molar-refractivity contribution in [3.05, 3.63) is 82.8 Å². The van der Waals surface area contributed by atoms with Crippen LogP contribution in [-0.4, -0.2) is 15.9 Å². The minimum Gasteiger partial charge on any atom is -0.454 e. The molecular weight excluding hydrogens is 364 g/mol. The molecule has 2 heterocycles. The number of thiazole rings is 2. The van der Waals surface area contributed by atoms with Gasteiger partial charge in [0.05, 0.1) is 5.69 Å². The normalized spacial score (nSPS) is 10.6. The lowest BCUT2D eigenvalue weighted by atomic mass is 10.2. The lowest BCUT2D eigenvalue weighted by Gasteiger charge is -2.00. The molecular formula is C20H14N2O2S2. The fourth-order valence-corrected chi connectivity index (χ4v) is 3.99. The summed E-state index contributed by atoms with van der Waals surface area (Å²) >= 11 is 2.96. The second-order valence-electron chi connectivity index (χ2n) is 5.49. The van der Waals surface area contributed by atoms with Crippen LogP contribution in [0.1, 0.15) is 16.2 Å². The predicted molar refractivity (Wildman–Crippen MR) is 104 cm³/mol. The van der Waals surface area contributed by atoms with Gasteiger partial charge in [-0.15, -0.1) is 22.7 Å². The molecule has 0 aliphatic rings. The molecule has 0 atom stereocenters. The van der Waals surface area contributed by atoms with E-state index in [0.29, 0.717) is 5.69 Å². The van der Waals surface area contributed by atoms with E-state index in [1.54, 1.807) is 5.38 Å². The van der Waals surface area contributed by atoms with Crippen molar-refractivity contribution in [3.63, 3.8) is 0 Å². The molecule has 6 heteroatoms. The highest BCUT2D eigenvalue weighted by Crippen LogP contribution is 2.25. The highest BCUT2D eigenvalue weighted by Gasteiger charge is 2.14. The molecule has 128 valence electrons. The van der Waals surface area contributed by atoms with Crippen molar-refractivity contribution in [2.24, 2.45) is 0 Å². The zero-order valence-electron chi connectivity index (χ0n) is 13.7. The molecule has 0 saturated heterocycles. The van der Waals surface area contributed by atoms with E-state index in [0.717, 1.165) is 26.8 Å². The van der Waals surface area contributed by atoms with E-state index >= 15 is 0 Å². The second kappa shape index (κ2) is 7.59. The molecule has 0 unspecified atom stereocenters. The summed E-state index contributed by atoms with van der Waals surface area (Å²) in [5.74, 6) is -0.433. The smallest absolute Gasteiger partial charge is 0.358 e. The van der Waals surface area contributed by atoms with Crippen LogP contribution in [0.2, 0.25) is 0 Å². The Morgan fingerprint density at radius 3 is 2.04 bits per heavy atom. The highest BCUT2D eigenvalue weighted by atomic mass is 32.1. The van der Waals surface area contributed by atoms with Gasteiger partial charge in [-0.05, 0) is 0 Å². The number of aromatic nitrogens is 2. The van der Waals surface area contributed by atoms with Gasteiger partial charge >= 0.3 is 5.97 Å². The quantitative estimate of drug-likeness (QED) is 0.443. The average molecular weight is 378 g/mol. The van der Waals surface area contributed by atoms with E-state index in [-0.39, 0.29) is 6.61 Å². The first-order valence-electron chi connectivity index (χ1n) is 7.97. The molecule has 0 spiro atoms. The number of carbonyl (C=O) groups excluding carboxylic acids is 1. The Morgan fingerprint density at radius 1 is 0.808 bits per heavy atom. The monoisotopic (exact) mass is 378 g/mol. The van der Waals surface area contributed by atoms with E-state index in [4.69, 9.17) is 4.74 Å². The van der Waals surface area contributed by atoms with Crippen molar-refractivity contribution in [3.8, 4) is 21.1 Å². The Bertz CT molecular complexity index is 1010. The standard InChI is InChI=1S/C20H14N2O2S2/c23-20(17-13-26-19(22-17)15-9-5-2-6-10-15)24-11-16-12-25-18(21-16)14-7-3-1-4-8-14/h1-10,12-13H,11H2. The summed E-state index contributed by atoms with van der Waals surface area (Å²) in [6, 6.07) is 19.7. The predicted octanol–water partition coefficient (Wildman–Crippen LogP) is 5.29. The number of nitrogens with zero attached hydrogens (tertiary/aromatic N) is 2. The summed E-state index contributed by atoms with van der Waals surface area (Å²) < 4.78 is 5.36. The zero-order valence-corrected chi connectivity index (χ0v) is 15.3. The van der Waals surface area contributed by atoms with Crippen molar-refractivity contribution in [1.82, 2.24) is 9.97 Å². The summed E-state index contributed by atoms with van der Waals surface area (Å²) in [7, 11) is 0. The topological polar surface area (TPSA) is 52.1 Å². The Balaban J connectivity index is 1.40. The lowest BCUT2D eigenvalue weighted by molar-refractivity contribution is 0.0462. The summed E-state index contributed by atoms with van der Waals surface area (Å²) in [5.41, 5.74) is 3.11. The van der Waals surface area contributed by atoms with E-state index in [9.17, 15) is 4.79 Å². The van der Waals surface area contributed by atoms with Gasteiger partial charge in [-0.1, -0.05) is 60.7 Å². The summed E-state index contributed by atoms with van der Waals surface area (Å²) in [6.07, 6.45) is 0. The number of hydrogen-bond acceptors (Lipinski definition) is 6. The summed E-state index contributed by atoms with van der Waals surface area (Å²) in [5, 5.41) is 5.35. The van der Waals surface area contributed by atoms with E-state index in [2.05, 4.69) is 9.97 Å². The van der Waals surface area contributed by atoms with Crippen LogP contribution in [0.3, 0.4) is 0 Å². The molecule has 0 radical (unpaired) electrons. The van der Waals surface area contributed by atoms with Crippen LogP contribution in [0.4, 0.5) is 0 Å². The lowest BCUT2D eigenvalue weighted by Crippen LogP contribution is -2.05. The number of rotatable bonds is 5. The molecule has 4 aromatic rings. The molecule has 2 aromatic heterocycles. The van der Waals surface area contributed by atoms with Crippen molar-refractivity contribution in [2.45, 2.75) is 6.61 Å². The maximum Gasteiger partial charge on any atom is 0.358 e. The second-order valence-corrected chi connectivity index (χ2v) is 7.21. The number of hydrogen-bond donors (Lipinski definition) is 0. The molecule has 26 heavy (non-hydrogen) atoms. The highest BCUT2D eigenvalue weighted by molar-refractivity contribution is 7.13. The van der Waals surface area contributed by atoms with Crippen molar-refractivity contribution < 1.29 is 9.53 Å². The first-order valence-corrected chi connectivity index (χ1v) is 9.73. The third kappa shape index (κ3) is 3.71. The summed E-state index contributed by atoms with van der Waals surface area (Å²) in [6.45, 7) is 0.139. The molecule has 0 fully saturated rings. The maximum absolute atomic E-state index is 12.2. The van der Waals surface area contributed by atoms with Crippen molar-refractivity contribution in [2.75, 3.05) is 0 Å². The third-order valence-electron chi connectivity index (χ3n) is 3.66. The number of esters is 1. The fraction of sp³-hybridized carbons (Fsp3) is 0.0500. The fourth-order valence-electron chi connectivity index (χ4n) is 2.38. The van der Waals surface area contributed by atoms with Crippen LogP contribution < -0.4 is 0 Å². The molecule has 0 saturated carbocycles. The Labute approximate surface area is 158 Å². The van der Waals surface area contributed by atoms with Crippen molar-refractivity contribution in [1.29, 1.82) is 0 Å². The van der Waals surface area contributed by atoms with Crippen LogP contribution >= 0.6 is 22.7 Å². The first kappa shape index (κ1) is 16.6. The van der Waals surface area contributed by atoms with E-state index in [1.165, 1.54) is 22.7 Å². The van der Waals surface area contributed by atoms with Gasteiger partial charge in [0.15, 0.2) is 5.69 Å². The number of benzene rings is 2. The van der Waals surface area contributed by atoms with Gasteiger partial charge in [0.25, 0.3) is 0 Å². The van der Waals surface area contributed by atoms with Crippen LogP contribution in [0.15, 0.2) is 71.4 Å². The Hall–Kier alpha value is -2.83. The number of ether oxygens (including phenoxy) is 1. The minimum atomic E-state index is -0.433. The van der Waals surface area contributed by atoms with Gasteiger partial charge in [-0.3, -0.25) is 0 Å². The minimum absolute atomic E-state index is 0.139. The van der Waals surface area contributed by atoms with Crippen LogP contribution in [0, 0.1) is 0 Å². The first-order chi connectivity index (χ1) is 12.8. The molecule has 4 nitrogen and oxygen atoms in total. The third-order valence-corrected chi connectivity index (χ3v) is 5.49. The molecule has 0 bridgehead atoms. The Kier molecular flexibility index (Phi) is 4.86. The Morgan fingerprint density at radius 2 is 1.38 bits per heavy atom. The van der Waals surface area contributed by atoms with Gasteiger partial charge < -0.3 is 4.74 Å². The van der Waals surface area contributed by atoms with E-state index in [1.807, 2.05) is 66.0 Å². The molecule has 4 rings (SSSR count). The van der Waals surface area contributed by atoms with Gasteiger partial charge in [0.2, 0.25) is 0 Å². The van der Waals surface area contributed by atoms with Gasteiger partial charge in [-0.2, -0.15) is 0 Å². The van der Waals surface area contributed by atoms with Gasteiger partial charge in [0, 0.05) is 21.9 Å². The maximum atomic E-state index is 12.2. The van der Waals surface area contributed by atoms with Crippen LogP contribution in [0.25, 0.3) is 21.1 Å². The van der Waals surface area contributed by atoms with Crippen LogP contribution in [-0.2, 0) is 11.3 Å². The van der Waals surface area contributed by atoms with Gasteiger partial charge in [0.1, 0.15) is 16.6 Å². The molecule has 0 aliphatic carbocycles. The van der Waals surface area contributed by atoms with Gasteiger partial charge in [-0.25, -0.2) is 14.8 Å². The van der Waals surface area contributed by atoms with Crippen molar-refractivity contribution >= 4 is 28.6 Å². The average Bonchev–Trinajstić information content (AvgIpc) is 3.37. The zero-order chi connectivity index (χ0) is 17.8. The summed E-state index contributed by atoms with van der Waals surface area (Å²) in [4.78, 5) is 21.1. The van der Waals surface area contributed by atoms with E-state index < -0.39 is 5.97 Å².